The van der Waals surface area contributed by atoms with Gasteiger partial charge in [-0.2, -0.15) is 0 Å². The van der Waals surface area contributed by atoms with Crippen molar-refractivity contribution in [3.05, 3.63) is 40.9 Å². The second-order valence-corrected chi connectivity index (χ2v) is 6.42. The number of esters is 1. The van der Waals surface area contributed by atoms with Crippen molar-refractivity contribution in [2.75, 3.05) is 19.7 Å². The molecule has 0 saturated carbocycles. The van der Waals surface area contributed by atoms with Gasteiger partial charge in [0.15, 0.2) is 0 Å². The first-order valence-corrected chi connectivity index (χ1v) is 8.98. The fourth-order valence-corrected chi connectivity index (χ4v) is 3.26. The number of likely N-dealkylation sites (tertiary alicyclic amines) is 1. The van der Waals surface area contributed by atoms with E-state index in [9.17, 15) is 14.4 Å². The third-order valence-electron chi connectivity index (χ3n) is 4.77. The van der Waals surface area contributed by atoms with E-state index in [4.69, 9.17) is 4.74 Å². The van der Waals surface area contributed by atoms with Crippen molar-refractivity contribution in [3.63, 3.8) is 0 Å². The van der Waals surface area contributed by atoms with Gasteiger partial charge in [0, 0.05) is 26.1 Å². The van der Waals surface area contributed by atoms with Gasteiger partial charge in [0.1, 0.15) is 0 Å². The summed E-state index contributed by atoms with van der Waals surface area (Å²) in [5, 5.41) is 0.553. The van der Waals surface area contributed by atoms with Gasteiger partial charge in [-0.25, -0.2) is 4.98 Å². The molecule has 2 heterocycles. The van der Waals surface area contributed by atoms with Crippen LogP contribution in [0.25, 0.3) is 10.9 Å². The molecule has 0 radical (unpaired) electrons. The first kappa shape index (κ1) is 18.1. The van der Waals surface area contributed by atoms with Crippen LogP contribution in [0.2, 0.25) is 0 Å². The van der Waals surface area contributed by atoms with Crippen molar-refractivity contribution in [2.24, 2.45) is 5.92 Å². The molecule has 1 aromatic carbocycles. The third kappa shape index (κ3) is 3.92. The Bertz CT molecular complexity index is 853. The van der Waals surface area contributed by atoms with Crippen LogP contribution in [-0.4, -0.2) is 46.0 Å². The zero-order chi connectivity index (χ0) is 18.5. The van der Waals surface area contributed by atoms with Gasteiger partial charge < -0.3 is 9.64 Å². The SMILES string of the molecule is CCOC(=O)C1CCN(C(=O)CCn2cnc3ccccc3c2=O)CC1. The summed E-state index contributed by atoms with van der Waals surface area (Å²) in [4.78, 5) is 42.7. The van der Waals surface area contributed by atoms with Crippen molar-refractivity contribution in [1.82, 2.24) is 14.5 Å². The van der Waals surface area contributed by atoms with Crippen LogP contribution in [0.4, 0.5) is 0 Å². The summed E-state index contributed by atoms with van der Waals surface area (Å²) in [6.07, 6.45) is 2.99. The third-order valence-corrected chi connectivity index (χ3v) is 4.77. The number of piperidine rings is 1. The number of amides is 1. The average Bonchev–Trinajstić information content (AvgIpc) is 2.68. The lowest BCUT2D eigenvalue weighted by Crippen LogP contribution is -2.41. The molecule has 2 aromatic rings. The fraction of sp³-hybridized carbons (Fsp3) is 0.474. The lowest BCUT2D eigenvalue weighted by Gasteiger charge is -2.31. The molecular weight excluding hydrogens is 334 g/mol. The molecule has 1 fully saturated rings. The highest BCUT2D eigenvalue weighted by molar-refractivity contribution is 5.78. The maximum atomic E-state index is 12.4. The van der Waals surface area contributed by atoms with Crippen LogP contribution in [0, 0.1) is 5.92 Å². The predicted molar refractivity (Wildman–Crippen MR) is 96.6 cm³/mol. The Balaban J connectivity index is 1.56. The highest BCUT2D eigenvalue weighted by atomic mass is 16.5. The minimum Gasteiger partial charge on any atom is -0.466 e. The Morgan fingerprint density at radius 3 is 2.69 bits per heavy atom. The molecule has 1 saturated heterocycles. The van der Waals surface area contributed by atoms with Crippen molar-refractivity contribution < 1.29 is 14.3 Å². The second kappa shape index (κ2) is 8.12. The maximum Gasteiger partial charge on any atom is 0.309 e. The van der Waals surface area contributed by atoms with Crippen LogP contribution < -0.4 is 5.56 Å². The summed E-state index contributed by atoms with van der Waals surface area (Å²) in [6, 6.07) is 7.17. The van der Waals surface area contributed by atoms with E-state index in [1.165, 1.54) is 10.9 Å². The number of benzene rings is 1. The van der Waals surface area contributed by atoms with Gasteiger partial charge in [0.2, 0.25) is 5.91 Å². The minimum atomic E-state index is -0.173. The van der Waals surface area contributed by atoms with Crippen LogP contribution in [0.15, 0.2) is 35.4 Å². The molecule has 0 bridgehead atoms. The number of ether oxygens (including phenoxy) is 1. The normalized spacial score (nSPS) is 15.2. The van der Waals surface area contributed by atoms with Gasteiger partial charge in [-0.3, -0.25) is 19.0 Å². The van der Waals surface area contributed by atoms with E-state index < -0.39 is 0 Å². The van der Waals surface area contributed by atoms with E-state index in [0.717, 1.165) is 0 Å². The molecule has 7 heteroatoms. The molecule has 1 aromatic heterocycles. The first-order valence-electron chi connectivity index (χ1n) is 8.98. The lowest BCUT2D eigenvalue weighted by molar-refractivity contribution is -0.151. The number of rotatable bonds is 5. The quantitative estimate of drug-likeness (QED) is 0.759. The Kier molecular flexibility index (Phi) is 5.65. The number of carbonyl (C=O) groups is 2. The molecule has 1 amide bonds. The lowest BCUT2D eigenvalue weighted by atomic mass is 9.97. The molecule has 3 rings (SSSR count). The van der Waals surface area contributed by atoms with Gasteiger partial charge in [0.25, 0.3) is 5.56 Å². The number of para-hydroxylation sites is 1. The first-order chi connectivity index (χ1) is 12.6. The van der Waals surface area contributed by atoms with Crippen molar-refractivity contribution in [3.8, 4) is 0 Å². The van der Waals surface area contributed by atoms with E-state index in [2.05, 4.69) is 4.98 Å². The Hall–Kier alpha value is -2.70. The molecule has 0 N–H and O–H groups in total. The summed E-state index contributed by atoms with van der Waals surface area (Å²) in [5.41, 5.74) is 0.519. The maximum absolute atomic E-state index is 12.4. The van der Waals surface area contributed by atoms with Gasteiger partial charge >= 0.3 is 5.97 Å². The monoisotopic (exact) mass is 357 g/mol. The smallest absolute Gasteiger partial charge is 0.309 e. The molecule has 0 spiro atoms. The number of hydrogen-bond acceptors (Lipinski definition) is 5. The van der Waals surface area contributed by atoms with Crippen molar-refractivity contribution in [1.29, 1.82) is 0 Å². The van der Waals surface area contributed by atoms with E-state index in [1.54, 1.807) is 30.0 Å². The van der Waals surface area contributed by atoms with Crippen molar-refractivity contribution >= 4 is 22.8 Å². The summed E-state index contributed by atoms with van der Waals surface area (Å²) in [6.45, 7) is 3.57. The molecule has 26 heavy (non-hydrogen) atoms. The molecule has 1 aliphatic rings. The zero-order valence-corrected chi connectivity index (χ0v) is 14.9. The molecule has 138 valence electrons. The van der Waals surface area contributed by atoms with Gasteiger partial charge in [-0.1, -0.05) is 12.1 Å². The van der Waals surface area contributed by atoms with Crippen LogP contribution >= 0.6 is 0 Å². The average molecular weight is 357 g/mol. The van der Waals surface area contributed by atoms with Gasteiger partial charge in [-0.15, -0.1) is 0 Å². The predicted octanol–water partition coefficient (Wildman–Crippen LogP) is 1.59. The van der Waals surface area contributed by atoms with E-state index in [0.29, 0.717) is 50.0 Å². The second-order valence-electron chi connectivity index (χ2n) is 6.42. The largest absolute Gasteiger partial charge is 0.466 e. The van der Waals surface area contributed by atoms with Crippen molar-refractivity contribution in [2.45, 2.75) is 32.7 Å². The van der Waals surface area contributed by atoms with E-state index in [1.807, 2.05) is 6.07 Å². The summed E-state index contributed by atoms with van der Waals surface area (Å²) >= 11 is 0. The number of aromatic nitrogens is 2. The van der Waals surface area contributed by atoms with Crippen LogP contribution in [0.1, 0.15) is 26.2 Å². The number of nitrogens with zero attached hydrogens (tertiary/aromatic N) is 3. The number of hydrogen-bond donors (Lipinski definition) is 0. The van der Waals surface area contributed by atoms with E-state index >= 15 is 0 Å². The fourth-order valence-electron chi connectivity index (χ4n) is 3.26. The Morgan fingerprint density at radius 1 is 1.23 bits per heavy atom. The van der Waals surface area contributed by atoms with Crippen LogP contribution in [0.5, 0.6) is 0 Å². The topological polar surface area (TPSA) is 81.5 Å². The Labute approximate surface area is 151 Å². The molecular formula is C19H23N3O4. The molecule has 0 atom stereocenters. The Morgan fingerprint density at radius 2 is 1.96 bits per heavy atom. The van der Waals surface area contributed by atoms with Crippen LogP contribution in [0.3, 0.4) is 0 Å². The zero-order valence-electron chi connectivity index (χ0n) is 14.9. The van der Waals surface area contributed by atoms with E-state index in [-0.39, 0.29) is 29.8 Å². The number of aryl methyl sites for hydroxylation is 1. The standard InChI is InChI=1S/C19H23N3O4/c1-2-26-19(25)14-7-10-21(11-8-14)17(23)9-12-22-13-20-16-6-4-3-5-15(16)18(22)24/h3-6,13-14H,2,7-12H2,1H3. The number of carbonyl (C=O) groups excluding carboxylic acids is 2. The molecule has 0 unspecified atom stereocenters. The summed E-state index contributed by atoms with van der Waals surface area (Å²) in [5.74, 6) is -0.299. The summed E-state index contributed by atoms with van der Waals surface area (Å²) in [7, 11) is 0. The highest BCUT2D eigenvalue weighted by Gasteiger charge is 2.27. The number of fused-ring (bicyclic) bond motifs is 1. The van der Waals surface area contributed by atoms with Gasteiger partial charge in [-0.05, 0) is 31.9 Å². The summed E-state index contributed by atoms with van der Waals surface area (Å²) < 4.78 is 6.52. The molecule has 0 aliphatic carbocycles. The van der Waals surface area contributed by atoms with Gasteiger partial charge in [0.05, 0.1) is 29.8 Å². The highest BCUT2D eigenvalue weighted by Crippen LogP contribution is 2.19. The molecule has 7 nitrogen and oxygen atoms in total. The molecule has 1 aliphatic heterocycles. The minimum absolute atomic E-state index is 0.00707. The van der Waals surface area contributed by atoms with Crippen LogP contribution in [-0.2, 0) is 20.9 Å².